The normalized spacial score (nSPS) is 27.9. The molecule has 2 N–H and O–H groups in total. The summed E-state index contributed by atoms with van der Waals surface area (Å²) < 4.78 is 0. The molecule has 14 heavy (non-hydrogen) atoms. The molecule has 0 aromatic carbocycles. The maximum absolute atomic E-state index is 9.79. The summed E-state index contributed by atoms with van der Waals surface area (Å²) in [4.78, 5) is 0. The largest absolute Gasteiger partial charge is 0.392 e. The van der Waals surface area contributed by atoms with Crippen LogP contribution >= 0.6 is 12.4 Å². The van der Waals surface area contributed by atoms with Gasteiger partial charge < -0.3 is 10.4 Å². The molecule has 2 atom stereocenters. The number of aliphatic hydroxyl groups is 1. The molecule has 1 aliphatic carbocycles. The third-order valence-corrected chi connectivity index (χ3v) is 2.92. The number of rotatable bonds is 4. The van der Waals surface area contributed by atoms with Gasteiger partial charge in [-0.3, -0.25) is 0 Å². The Hall–Kier alpha value is 0.210. The maximum Gasteiger partial charge on any atom is 0.0693 e. The fraction of sp³-hybridized carbons (Fsp3) is 1.00. The molecule has 0 aliphatic heterocycles. The summed E-state index contributed by atoms with van der Waals surface area (Å²) >= 11 is 0. The minimum atomic E-state index is -0.0978. The summed E-state index contributed by atoms with van der Waals surface area (Å²) in [5, 5.41) is 13.2. The minimum absolute atomic E-state index is 0. The van der Waals surface area contributed by atoms with Crippen molar-refractivity contribution in [1.82, 2.24) is 5.32 Å². The highest BCUT2D eigenvalue weighted by molar-refractivity contribution is 5.85. The van der Waals surface area contributed by atoms with E-state index in [-0.39, 0.29) is 18.5 Å². The highest BCUT2D eigenvalue weighted by Gasteiger charge is 2.20. The Labute approximate surface area is 93.9 Å². The molecule has 86 valence electrons. The molecule has 0 saturated heterocycles. The highest BCUT2D eigenvalue weighted by Crippen LogP contribution is 2.17. The fourth-order valence-corrected chi connectivity index (χ4v) is 1.99. The van der Waals surface area contributed by atoms with Crippen molar-refractivity contribution in [2.45, 2.75) is 64.0 Å². The first kappa shape index (κ1) is 14.2. The van der Waals surface area contributed by atoms with Gasteiger partial charge in [-0.1, -0.05) is 32.6 Å². The summed E-state index contributed by atoms with van der Waals surface area (Å²) in [6.45, 7) is 3.27. The van der Waals surface area contributed by atoms with Crippen LogP contribution in [0.2, 0.25) is 0 Å². The van der Waals surface area contributed by atoms with Gasteiger partial charge in [0.05, 0.1) is 6.10 Å². The second kappa shape index (κ2) is 8.51. The third-order valence-electron chi connectivity index (χ3n) is 2.92. The van der Waals surface area contributed by atoms with Crippen molar-refractivity contribution in [3.63, 3.8) is 0 Å². The fourth-order valence-electron chi connectivity index (χ4n) is 1.99. The van der Waals surface area contributed by atoms with Gasteiger partial charge in [-0.25, -0.2) is 0 Å². The predicted molar refractivity (Wildman–Crippen MR) is 63.0 cm³/mol. The van der Waals surface area contributed by atoms with Gasteiger partial charge in [0, 0.05) is 6.04 Å². The Kier molecular flexibility index (Phi) is 8.64. The lowest BCUT2D eigenvalue weighted by atomic mass is 10.1. The molecule has 1 aliphatic rings. The summed E-state index contributed by atoms with van der Waals surface area (Å²) in [7, 11) is 0. The van der Waals surface area contributed by atoms with E-state index in [0.29, 0.717) is 6.04 Å². The summed E-state index contributed by atoms with van der Waals surface area (Å²) in [5.41, 5.74) is 0. The Morgan fingerprint density at radius 3 is 2.64 bits per heavy atom. The molecule has 0 aromatic heterocycles. The monoisotopic (exact) mass is 221 g/mol. The smallest absolute Gasteiger partial charge is 0.0693 e. The van der Waals surface area contributed by atoms with E-state index in [0.717, 1.165) is 19.4 Å². The Bertz CT molecular complexity index is 132. The predicted octanol–water partition coefficient (Wildman–Crippen LogP) is 2.49. The van der Waals surface area contributed by atoms with Crippen LogP contribution in [0.5, 0.6) is 0 Å². The highest BCUT2D eigenvalue weighted by atomic mass is 35.5. The van der Waals surface area contributed by atoms with Crippen molar-refractivity contribution in [3.8, 4) is 0 Å². The number of halogens is 1. The topological polar surface area (TPSA) is 32.3 Å². The molecule has 3 heteroatoms. The van der Waals surface area contributed by atoms with Crippen LogP contribution in [-0.2, 0) is 0 Å². The van der Waals surface area contributed by atoms with Crippen molar-refractivity contribution >= 4 is 12.4 Å². The van der Waals surface area contributed by atoms with E-state index in [4.69, 9.17) is 0 Å². The van der Waals surface area contributed by atoms with Crippen LogP contribution in [0.25, 0.3) is 0 Å². The molecular weight excluding hydrogens is 198 g/mol. The van der Waals surface area contributed by atoms with Crippen molar-refractivity contribution < 1.29 is 5.11 Å². The van der Waals surface area contributed by atoms with Gasteiger partial charge in [0.2, 0.25) is 0 Å². The van der Waals surface area contributed by atoms with Gasteiger partial charge in [0.1, 0.15) is 0 Å². The molecule has 0 spiro atoms. The van der Waals surface area contributed by atoms with Crippen molar-refractivity contribution in [2.75, 3.05) is 6.54 Å². The average Bonchev–Trinajstić information content (AvgIpc) is 2.32. The van der Waals surface area contributed by atoms with E-state index in [1.165, 1.54) is 32.1 Å². The van der Waals surface area contributed by atoms with Crippen molar-refractivity contribution in [2.24, 2.45) is 0 Å². The molecular formula is C11H24ClNO. The molecule has 0 aromatic rings. The summed E-state index contributed by atoms with van der Waals surface area (Å²) in [6, 6.07) is 0.369. The van der Waals surface area contributed by atoms with E-state index in [2.05, 4.69) is 12.2 Å². The molecule has 0 amide bonds. The van der Waals surface area contributed by atoms with E-state index in [9.17, 15) is 5.11 Å². The zero-order chi connectivity index (χ0) is 9.52. The molecule has 0 heterocycles. The first-order valence-corrected chi connectivity index (χ1v) is 5.76. The second-order valence-corrected chi connectivity index (χ2v) is 4.12. The van der Waals surface area contributed by atoms with Gasteiger partial charge >= 0.3 is 0 Å². The molecule has 1 fully saturated rings. The second-order valence-electron chi connectivity index (χ2n) is 4.12. The molecule has 1 rings (SSSR count). The minimum Gasteiger partial charge on any atom is -0.392 e. The molecule has 2 nitrogen and oxygen atoms in total. The maximum atomic E-state index is 9.79. The van der Waals surface area contributed by atoms with Gasteiger partial charge in [-0.15, -0.1) is 12.4 Å². The standard InChI is InChI=1S/C11H23NO.ClH/c1-2-3-9-12-10-7-5-4-6-8-11(10)13;/h10-13H,2-9H2,1H3;1H/t10-,11+;/m0./s1. The van der Waals surface area contributed by atoms with E-state index in [1.807, 2.05) is 0 Å². The first-order valence-electron chi connectivity index (χ1n) is 5.76. The lowest BCUT2D eigenvalue weighted by molar-refractivity contribution is 0.120. The Morgan fingerprint density at radius 2 is 1.93 bits per heavy atom. The molecule has 0 unspecified atom stereocenters. The van der Waals surface area contributed by atoms with Crippen molar-refractivity contribution in [1.29, 1.82) is 0 Å². The number of unbranched alkanes of at least 4 members (excludes halogenated alkanes) is 1. The molecule has 0 bridgehead atoms. The average molecular weight is 222 g/mol. The number of hydrogen-bond acceptors (Lipinski definition) is 2. The van der Waals surface area contributed by atoms with Crippen LogP contribution in [0.15, 0.2) is 0 Å². The Morgan fingerprint density at radius 1 is 1.21 bits per heavy atom. The van der Waals surface area contributed by atoms with Gasteiger partial charge in [-0.05, 0) is 25.8 Å². The van der Waals surface area contributed by atoms with Crippen LogP contribution in [0, 0.1) is 0 Å². The summed E-state index contributed by atoms with van der Waals surface area (Å²) in [5.74, 6) is 0. The summed E-state index contributed by atoms with van der Waals surface area (Å²) in [6.07, 6.45) is 8.28. The zero-order valence-electron chi connectivity index (χ0n) is 9.17. The zero-order valence-corrected chi connectivity index (χ0v) is 9.98. The van der Waals surface area contributed by atoms with Crippen molar-refractivity contribution in [3.05, 3.63) is 0 Å². The first-order chi connectivity index (χ1) is 6.34. The third kappa shape index (κ3) is 5.18. The Balaban J connectivity index is 0.00000169. The van der Waals surface area contributed by atoms with Gasteiger partial charge in [0.25, 0.3) is 0 Å². The number of nitrogens with one attached hydrogen (secondary N) is 1. The SMILES string of the molecule is CCCCN[C@H]1CCCCC[C@H]1O.Cl. The van der Waals surface area contributed by atoms with Crippen LogP contribution in [-0.4, -0.2) is 23.8 Å². The number of aliphatic hydroxyl groups excluding tert-OH is 1. The van der Waals surface area contributed by atoms with E-state index < -0.39 is 0 Å². The van der Waals surface area contributed by atoms with Crippen LogP contribution in [0.1, 0.15) is 51.9 Å². The molecule has 1 saturated carbocycles. The van der Waals surface area contributed by atoms with Crippen LogP contribution in [0.4, 0.5) is 0 Å². The quantitative estimate of drug-likeness (QED) is 0.565. The van der Waals surface area contributed by atoms with E-state index >= 15 is 0 Å². The molecule has 0 radical (unpaired) electrons. The number of hydrogen-bond donors (Lipinski definition) is 2. The van der Waals surface area contributed by atoms with E-state index in [1.54, 1.807) is 0 Å². The van der Waals surface area contributed by atoms with Gasteiger partial charge in [-0.2, -0.15) is 0 Å². The van der Waals surface area contributed by atoms with Gasteiger partial charge in [0.15, 0.2) is 0 Å². The lowest BCUT2D eigenvalue weighted by Crippen LogP contribution is -2.39. The van der Waals surface area contributed by atoms with Crippen LogP contribution < -0.4 is 5.32 Å². The lowest BCUT2D eigenvalue weighted by Gasteiger charge is -2.21. The van der Waals surface area contributed by atoms with Crippen LogP contribution in [0.3, 0.4) is 0 Å².